The van der Waals surface area contributed by atoms with Gasteiger partial charge in [-0.1, -0.05) is 0 Å². The van der Waals surface area contributed by atoms with Crippen molar-refractivity contribution in [2.24, 2.45) is 7.05 Å². The lowest BCUT2D eigenvalue weighted by molar-refractivity contribution is 0.104. The molecule has 122 valence electrons. The molecule has 3 heterocycles. The molecule has 6 nitrogen and oxygen atoms in total. The average Bonchev–Trinajstić information content (AvgIpc) is 3.20. The van der Waals surface area contributed by atoms with Crippen LogP contribution in [0.15, 0.2) is 49.2 Å². The predicted octanol–water partition coefficient (Wildman–Crippen LogP) is 3.16. The first kappa shape index (κ1) is 15.9. The second-order valence-corrected chi connectivity index (χ2v) is 5.85. The summed E-state index contributed by atoms with van der Waals surface area (Å²) in [5.74, 6) is -0.0807. The van der Waals surface area contributed by atoms with Crippen LogP contribution in [-0.2, 0) is 7.05 Å². The molecule has 0 aromatic carbocycles. The van der Waals surface area contributed by atoms with Crippen molar-refractivity contribution < 1.29 is 4.79 Å². The second kappa shape index (κ2) is 6.62. The number of carbonyl (C=O) groups excluding carboxylic acids is 1. The fourth-order valence-corrected chi connectivity index (χ4v) is 2.37. The molecule has 6 heteroatoms. The number of rotatable bonds is 5. The van der Waals surface area contributed by atoms with Gasteiger partial charge in [-0.05, 0) is 38.1 Å². The van der Waals surface area contributed by atoms with E-state index in [1.54, 1.807) is 46.3 Å². The Morgan fingerprint density at radius 2 is 2.08 bits per heavy atom. The monoisotopic (exact) mass is 321 g/mol. The summed E-state index contributed by atoms with van der Waals surface area (Å²) in [6.07, 6.45) is 12.1. The van der Waals surface area contributed by atoms with Gasteiger partial charge in [-0.2, -0.15) is 10.2 Å². The van der Waals surface area contributed by atoms with E-state index in [0.29, 0.717) is 5.56 Å². The Bertz CT molecular complexity index is 874. The third-order valence-electron chi connectivity index (χ3n) is 3.62. The number of hydrogen-bond acceptors (Lipinski definition) is 4. The van der Waals surface area contributed by atoms with Crippen molar-refractivity contribution in [2.45, 2.75) is 19.9 Å². The summed E-state index contributed by atoms with van der Waals surface area (Å²) in [6, 6.07) is 4.04. The molecule has 0 bridgehead atoms. The Morgan fingerprint density at radius 3 is 2.75 bits per heavy atom. The summed E-state index contributed by atoms with van der Waals surface area (Å²) >= 11 is 0. The molecule has 0 saturated carbocycles. The van der Waals surface area contributed by atoms with E-state index in [1.807, 2.05) is 39.2 Å². The molecule has 0 fully saturated rings. The van der Waals surface area contributed by atoms with Gasteiger partial charge in [0.15, 0.2) is 5.78 Å². The standard InChI is InChI=1S/C18H19N5O/c1-13(2)23-12-16(10-20-23)17(24)7-6-15-11-22(3)21-18(15)14-5-4-8-19-9-14/h4-13H,1-3H3/b7-6+. The number of aryl methyl sites for hydroxylation is 1. The van der Waals surface area contributed by atoms with Crippen LogP contribution in [0.2, 0.25) is 0 Å². The van der Waals surface area contributed by atoms with Crippen LogP contribution in [0.3, 0.4) is 0 Å². The Balaban J connectivity index is 1.85. The molecule has 0 spiro atoms. The molecule has 0 radical (unpaired) electrons. The quantitative estimate of drug-likeness (QED) is 0.535. The van der Waals surface area contributed by atoms with Gasteiger partial charge in [0.05, 0.1) is 11.8 Å². The van der Waals surface area contributed by atoms with E-state index in [4.69, 9.17) is 0 Å². The SMILES string of the molecule is CC(C)n1cc(C(=O)/C=C/c2cn(C)nc2-c2cccnc2)cn1. The van der Waals surface area contributed by atoms with E-state index in [0.717, 1.165) is 16.8 Å². The molecule has 0 aliphatic heterocycles. The van der Waals surface area contributed by atoms with Crippen molar-refractivity contribution >= 4 is 11.9 Å². The van der Waals surface area contributed by atoms with Gasteiger partial charge in [-0.3, -0.25) is 19.1 Å². The number of pyridine rings is 1. The summed E-state index contributed by atoms with van der Waals surface area (Å²) in [5, 5.41) is 8.65. The zero-order valence-electron chi connectivity index (χ0n) is 13.9. The molecule has 0 amide bonds. The lowest BCUT2D eigenvalue weighted by Crippen LogP contribution is -2.00. The van der Waals surface area contributed by atoms with Crippen LogP contribution in [0.1, 0.15) is 35.8 Å². The van der Waals surface area contributed by atoms with E-state index in [2.05, 4.69) is 15.2 Å². The number of allylic oxidation sites excluding steroid dienone is 1. The van der Waals surface area contributed by atoms with E-state index >= 15 is 0 Å². The van der Waals surface area contributed by atoms with Gasteiger partial charge in [0.1, 0.15) is 5.69 Å². The largest absolute Gasteiger partial charge is 0.289 e. The molecule has 0 aliphatic rings. The highest BCUT2D eigenvalue weighted by Gasteiger charge is 2.10. The van der Waals surface area contributed by atoms with Crippen LogP contribution >= 0.6 is 0 Å². The fourth-order valence-electron chi connectivity index (χ4n) is 2.37. The molecule has 3 rings (SSSR count). The van der Waals surface area contributed by atoms with Gasteiger partial charge in [0.2, 0.25) is 0 Å². The maximum absolute atomic E-state index is 12.3. The smallest absolute Gasteiger partial charge is 0.189 e. The highest BCUT2D eigenvalue weighted by Crippen LogP contribution is 2.22. The maximum Gasteiger partial charge on any atom is 0.189 e. The third kappa shape index (κ3) is 3.32. The second-order valence-electron chi connectivity index (χ2n) is 5.85. The minimum atomic E-state index is -0.0807. The number of hydrogen-bond donors (Lipinski definition) is 0. The summed E-state index contributed by atoms with van der Waals surface area (Å²) in [6.45, 7) is 4.04. The number of aromatic nitrogens is 5. The fraction of sp³-hybridized carbons (Fsp3) is 0.222. The number of ketones is 1. The Hall–Kier alpha value is -3.02. The Morgan fingerprint density at radius 1 is 1.25 bits per heavy atom. The molecule has 3 aromatic rings. The van der Waals surface area contributed by atoms with Gasteiger partial charge in [0.25, 0.3) is 0 Å². The van der Waals surface area contributed by atoms with Crippen molar-refractivity contribution in [1.29, 1.82) is 0 Å². The molecule has 0 atom stereocenters. The molecular weight excluding hydrogens is 302 g/mol. The molecule has 0 N–H and O–H groups in total. The molecule has 0 aliphatic carbocycles. The lowest BCUT2D eigenvalue weighted by Gasteiger charge is -2.02. The minimum Gasteiger partial charge on any atom is -0.289 e. The summed E-state index contributed by atoms with van der Waals surface area (Å²) in [4.78, 5) is 16.5. The van der Waals surface area contributed by atoms with Crippen molar-refractivity contribution in [2.75, 3.05) is 0 Å². The zero-order valence-corrected chi connectivity index (χ0v) is 13.9. The topological polar surface area (TPSA) is 65.6 Å². The number of nitrogens with zero attached hydrogens (tertiary/aromatic N) is 5. The van der Waals surface area contributed by atoms with Crippen LogP contribution < -0.4 is 0 Å². The van der Waals surface area contributed by atoms with Gasteiger partial charge in [0, 0.05) is 49.0 Å². The Labute approximate surface area is 140 Å². The summed E-state index contributed by atoms with van der Waals surface area (Å²) in [5.41, 5.74) is 3.16. The Kier molecular flexibility index (Phi) is 4.37. The first-order valence-electron chi connectivity index (χ1n) is 7.75. The maximum atomic E-state index is 12.3. The van der Waals surface area contributed by atoms with Crippen molar-refractivity contribution in [3.8, 4) is 11.3 Å². The van der Waals surface area contributed by atoms with Crippen molar-refractivity contribution in [3.05, 3.63) is 60.3 Å². The summed E-state index contributed by atoms with van der Waals surface area (Å²) < 4.78 is 3.50. The van der Waals surface area contributed by atoms with E-state index in [9.17, 15) is 4.79 Å². The van der Waals surface area contributed by atoms with Crippen LogP contribution in [0, 0.1) is 0 Å². The van der Waals surface area contributed by atoms with Crippen molar-refractivity contribution in [1.82, 2.24) is 24.5 Å². The van der Waals surface area contributed by atoms with Crippen LogP contribution in [0.5, 0.6) is 0 Å². The highest BCUT2D eigenvalue weighted by molar-refractivity contribution is 6.06. The van der Waals surface area contributed by atoms with E-state index in [1.165, 1.54) is 0 Å². The first-order chi connectivity index (χ1) is 11.5. The van der Waals surface area contributed by atoms with Crippen molar-refractivity contribution in [3.63, 3.8) is 0 Å². The van der Waals surface area contributed by atoms with E-state index in [-0.39, 0.29) is 11.8 Å². The van der Waals surface area contributed by atoms with E-state index < -0.39 is 0 Å². The normalized spacial score (nSPS) is 11.5. The molecule has 0 unspecified atom stereocenters. The van der Waals surface area contributed by atoms with Gasteiger partial charge in [-0.25, -0.2) is 0 Å². The highest BCUT2D eigenvalue weighted by atomic mass is 16.1. The zero-order chi connectivity index (χ0) is 17.1. The van der Waals surface area contributed by atoms with Gasteiger partial charge < -0.3 is 0 Å². The average molecular weight is 321 g/mol. The predicted molar refractivity (Wildman–Crippen MR) is 92.4 cm³/mol. The number of carbonyl (C=O) groups is 1. The van der Waals surface area contributed by atoms with Crippen LogP contribution in [-0.4, -0.2) is 30.3 Å². The third-order valence-corrected chi connectivity index (χ3v) is 3.62. The lowest BCUT2D eigenvalue weighted by atomic mass is 10.1. The molecule has 24 heavy (non-hydrogen) atoms. The van der Waals surface area contributed by atoms with Gasteiger partial charge >= 0.3 is 0 Å². The summed E-state index contributed by atoms with van der Waals surface area (Å²) in [7, 11) is 1.85. The van der Waals surface area contributed by atoms with Crippen LogP contribution in [0.4, 0.5) is 0 Å². The first-order valence-corrected chi connectivity index (χ1v) is 7.75. The molecule has 0 saturated heterocycles. The molecule has 3 aromatic heterocycles. The van der Waals surface area contributed by atoms with Gasteiger partial charge in [-0.15, -0.1) is 0 Å². The van der Waals surface area contributed by atoms with Crippen LogP contribution in [0.25, 0.3) is 17.3 Å². The molecular formula is C18H19N5O. The minimum absolute atomic E-state index is 0.0807.